The van der Waals surface area contributed by atoms with Crippen molar-refractivity contribution in [3.05, 3.63) is 36.2 Å². The van der Waals surface area contributed by atoms with Gasteiger partial charge < -0.3 is 10.7 Å². The number of imidazole rings is 1. The maximum atomic E-state index is 12.0. The van der Waals surface area contributed by atoms with Gasteiger partial charge in [0, 0.05) is 12.4 Å². The summed E-state index contributed by atoms with van der Waals surface area (Å²) in [4.78, 5) is 6.26. The van der Waals surface area contributed by atoms with E-state index >= 15 is 0 Å². The molecule has 0 aliphatic rings. The molecule has 1 aromatic carbocycles. The Labute approximate surface area is 103 Å². The van der Waals surface area contributed by atoms with Crippen molar-refractivity contribution < 1.29 is 8.42 Å². The zero-order valence-electron chi connectivity index (χ0n) is 9.08. The summed E-state index contributed by atoms with van der Waals surface area (Å²) in [6.07, 6.45) is 2.90. The lowest BCUT2D eigenvalue weighted by molar-refractivity contribution is 0.601. The Hall–Kier alpha value is -2.53. The normalized spacial score (nSPS) is 10.8. The summed E-state index contributed by atoms with van der Waals surface area (Å²) in [7, 11) is -3.82. The van der Waals surface area contributed by atoms with Crippen LogP contribution in [0.3, 0.4) is 0 Å². The van der Waals surface area contributed by atoms with Crippen LogP contribution >= 0.6 is 0 Å². The van der Waals surface area contributed by atoms with Crippen LogP contribution in [0.4, 0.5) is 11.6 Å². The van der Waals surface area contributed by atoms with E-state index in [0.29, 0.717) is 5.56 Å². The van der Waals surface area contributed by atoms with Crippen LogP contribution < -0.4 is 10.5 Å². The molecule has 1 heterocycles. The third-order valence-electron chi connectivity index (χ3n) is 2.16. The van der Waals surface area contributed by atoms with E-state index in [-0.39, 0.29) is 16.5 Å². The number of nitrogen functional groups attached to an aromatic ring is 1. The quantitative estimate of drug-likeness (QED) is 0.702. The molecule has 0 unspecified atom stereocenters. The average Bonchev–Trinajstić information content (AvgIpc) is 2.80. The van der Waals surface area contributed by atoms with Crippen LogP contribution in [0.15, 0.2) is 35.5 Å². The van der Waals surface area contributed by atoms with Gasteiger partial charge in [0.05, 0.1) is 17.3 Å². The number of aromatic amines is 1. The molecule has 0 aliphatic carbocycles. The molecule has 0 saturated carbocycles. The Morgan fingerprint density at radius 3 is 2.78 bits per heavy atom. The van der Waals surface area contributed by atoms with Gasteiger partial charge in [-0.05, 0) is 18.2 Å². The lowest BCUT2D eigenvalue weighted by atomic mass is 10.2. The van der Waals surface area contributed by atoms with Crippen LogP contribution in [0.2, 0.25) is 0 Å². The van der Waals surface area contributed by atoms with Gasteiger partial charge in [-0.3, -0.25) is 0 Å². The van der Waals surface area contributed by atoms with E-state index in [1.807, 2.05) is 6.07 Å². The second-order valence-electron chi connectivity index (χ2n) is 3.41. The summed E-state index contributed by atoms with van der Waals surface area (Å²) in [5.41, 5.74) is 5.91. The molecule has 8 heteroatoms. The van der Waals surface area contributed by atoms with Crippen LogP contribution in [0.5, 0.6) is 0 Å². The standard InChI is InChI=1S/C10H9N5O2S/c11-6-7-1-2-9(8(12)5-7)18(16,17)15-10-13-3-4-14-10/h1-5H,12H2,(H2,13,14,15). The number of sulfonamides is 1. The molecule has 0 bridgehead atoms. The minimum Gasteiger partial charge on any atom is -0.398 e. The number of nitrogens with one attached hydrogen (secondary N) is 2. The molecule has 7 nitrogen and oxygen atoms in total. The third-order valence-corrected chi connectivity index (χ3v) is 3.57. The predicted molar refractivity (Wildman–Crippen MR) is 65.0 cm³/mol. The number of rotatable bonds is 3. The molecular formula is C10H9N5O2S. The molecule has 0 fully saturated rings. The lowest BCUT2D eigenvalue weighted by Gasteiger charge is -2.08. The molecule has 4 N–H and O–H groups in total. The summed E-state index contributed by atoms with van der Waals surface area (Å²) in [5.74, 6) is 0.0961. The van der Waals surface area contributed by atoms with Crippen molar-refractivity contribution >= 4 is 21.7 Å². The van der Waals surface area contributed by atoms with Crippen LogP contribution in [-0.4, -0.2) is 18.4 Å². The average molecular weight is 263 g/mol. The monoisotopic (exact) mass is 263 g/mol. The summed E-state index contributed by atoms with van der Waals surface area (Å²) in [5, 5.41) is 8.68. The molecule has 92 valence electrons. The molecule has 0 atom stereocenters. The minimum atomic E-state index is -3.82. The van der Waals surface area contributed by atoms with Gasteiger partial charge in [0.1, 0.15) is 4.90 Å². The van der Waals surface area contributed by atoms with Crippen molar-refractivity contribution in [2.75, 3.05) is 10.5 Å². The molecule has 0 radical (unpaired) electrons. The van der Waals surface area contributed by atoms with E-state index in [4.69, 9.17) is 11.0 Å². The molecule has 1 aromatic heterocycles. The highest BCUT2D eigenvalue weighted by atomic mass is 32.2. The maximum Gasteiger partial charge on any atom is 0.266 e. The number of benzene rings is 1. The highest BCUT2D eigenvalue weighted by molar-refractivity contribution is 7.92. The second kappa shape index (κ2) is 4.38. The zero-order valence-corrected chi connectivity index (χ0v) is 9.90. The molecule has 0 aliphatic heterocycles. The molecule has 0 spiro atoms. The van der Waals surface area contributed by atoms with Gasteiger partial charge in [0.25, 0.3) is 10.0 Å². The molecule has 0 amide bonds. The van der Waals surface area contributed by atoms with Gasteiger partial charge in [-0.25, -0.2) is 18.1 Å². The summed E-state index contributed by atoms with van der Waals surface area (Å²) < 4.78 is 26.2. The Morgan fingerprint density at radius 1 is 1.44 bits per heavy atom. The van der Waals surface area contributed by atoms with E-state index in [1.54, 1.807) is 0 Å². The van der Waals surface area contributed by atoms with Crippen molar-refractivity contribution in [2.24, 2.45) is 0 Å². The van der Waals surface area contributed by atoms with Crippen molar-refractivity contribution in [3.63, 3.8) is 0 Å². The van der Waals surface area contributed by atoms with Crippen molar-refractivity contribution in [2.45, 2.75) is 4.90 Å². The lowest BCUT2D eigenvalue weighted by Crippen LogP contribution is -2.15. The largest absolute Gasteiger partial charge is 0.398 e. The van der Waals surface area contributed by atoms with Gasteiger partial charge in [-0.2, -0.15) is 5.26 Å². The minimum absolute atomic E-state index is 0.00751. The smallest absolute Gasteiger partial charge is 0.266 e. The summed E-state index contributed by atoms with van der Waals surface area (Å²) in [6.45, 7) is 0. The van der Waals surface area contributed by atoms with Gasteiger partial charge in [0.15, 0.2) is 0 Å². The number of nitriles is 1. The first-order valence-electron chi connectivity index (χ1n) is 4.85. The Morgan fingerprint density at radius 2 is 2.22 bits per heavy atom. The van der Waals surface area contributed by atoms with Crippen molar-refractivity contribution in [1.29, 1.82) is 5.26 Å². The Kier molecular flexibility index (Phi) is 2.91. The number of H-pyrrole nitrogens is 1. The number of anilines is 2. The number of hydrogen-bond donors (Lipinski definition) is 3. The highest BCUT2D eigenvalue weighted by Gasteiger charge is 2.18. The van der Waals surface area contributed by atoms with E-state index < -0.39 is 10.0 Å². The second-order valence-corrected chi connectivity index (χ2v) is 5.06. The first kappa shape index (κ1) is 11.9. The Bertz CT molecular complexity index is 700. The predicted octanol–water partition coefficient (Wildman–Crippen LogP) is 0.664. The van der Waals surface area contributed by atoms with Crippen molar-refractivity contribution in [3.8, 4) is 6.07 Å². The first-order valence-corrected chi connectivity index (χ1v) is 6.33. The van der Waals surface area contributed by atoms with Crippen LogP contribution in [0.1, 0.15) is 5.56 Å². The fourth-order valence-electron chi connectivity index (χ4n) is 1.37. The van der Waals surface area contributed by atoms with Crippen LogP contribution in [0, 0.1) is 11.3 Å². The van der Waals surface area contributed by atoms with E-state index in [9.17, 15) is 8.42 Å². The molecule has 2 rings (SSSR count). The van der Waals surface area contributed by atoms with E-state index in [0.717, 1.165) is 0 Å². The van der Waals surface area contributed by atoms with E-state index in [2.05, 4.69) is 14.7 Å². The number of hydrogen-bond acceptors (Lipinski definition) is 5. The summed E-state index contributed by atoms with van der Waals surface area (Å²) >= 11 is 0. The Balaban J connectivity index is 2.39. The third kappa shape index (κ3) is 2.26. The molecule has 2 aromatic rings. The van der Waals surface area contributed by atoms with Crippen LogP contribution in [-0.2, 0) is 10.0 Å². The van der Waals surface area contributed by atoms with Crippen molar-refractivity contribution in [1.82, 2.24) is 9.97 Å². The fraction of sp³-hybridized carbons (Fsp3) is 0. The molecular weight excluding hydrogens is 254 g/mol. The number of aromatic nitrogens is 2. The zero-order chi connectivity index (χ0) is 13.2. The van der Waals surface area contributed by atoms with E-state index in [1.165, 1.54) is 30.6 Å². The SMILES string of the molecule is N#Cc1ccc(S(=O)(=O)Nc2ncc[nH]2)c(N)c1. The van der Waals surface area contributed by atoms with Crippen LogP contribution in [0.25, 0.3) is 0 Å². The summed E-state index contributed by atoms with van der Waals surface area (Å²) in [6, 6.07) is 5.84. The maximum absolute atomic E-state index is 12.0. The molecule has 18 heavy (non-hydrogen) atoms. The highest BCUT2D eigenvalue weighted by Crippen LogP contribution is 2.21. The van der Waals surface area contributed by atoms with Gasteiger partial charge in [-0.15, -0.1) is 0 Å². The van der Waals surface area contributed by atoms with Gasteiger partial charge in [0.2, 0.25) is 5.95 Å². The first-order chi connectivity index (χ1) is 8.53. The van der Waals surface area contributed by atoms with Gasteiger partial charge >= 0.3 is 0 Å². The number of nitrogens with two attached hydrogens (primary N) is 1. The molecule has 0 saturated heterocycles. The topological polar surface area (TPSA) is 125 Å². The van der Waals surface area contributed by atoms with Gasteiger partial charge in [-0.1, -0.05) is 0 Å². The fourth-order valence-corrected chi connectivity index (χ4v) is 2.46. The number of nitrogens with zero attached hydrogens (tertiary/aromatic N) is 2.